The van der Waals surface area contributed by atoms with Crippen molar-refractivity contribution in [2.45, 2.75) is 13.8 Å². The number of nitrogens with one attached hydrogen (secondary N) is 1. The highest BCUT2D eigenvalue weighted by Gasteiger charge is 2.03. The predicted octanol–water partition coefficient (Wildman–Crippen LogP) is 2.85. The van der Waals surface area contributed by atoms with E-state index in [0.717, 1.165) is 11.1 Å². The standard InChI is InChI=1S/C9H9ClN2/c1-6-3-7(2)9(12-5-11)8(10)4-6/h3-4,12H,1-2H3. The van der Waals surface area contributed by atoms with E-state index in [-0.39, 0.29) is 0 Å². The van der Waals surface area contributed by atoms with E-state index in [1.54, 1.807) is 0 Å². The maximum Gasteiger partial charge on any atom is 0.181 e. The first-order chi connectivity index (χ1) is 5.65. The van der Waals surface area contributed by atoms with Gasteiger partial charge in [0, 0.05) is 0 Å². The molecule has 0 spiro atoms. The topological polar surface area (TPSA) is 35.8 Å². The fourth-order valence-corrected chi connectivity index (χ4v) is 1.50. The van der Waals surface area contributed by atoms with Gasteiger partial charge in [0.2, 0.25) is 0 Å². The van der Waals surface area contributed by atoms with Crippen molar-refractivity contribution < 1.29 is 0 Å². The van der Waals surface area contributed by atoms with Gasteiger partial charge in [-0.25, -0.2) is 0 Å². The van der Waals surface area contributed by atoms with Crippen molar-refractivity contribution in [3.05, 3.63) is 28.3 Å². The molecular formula is C9H9ClN2. The van der Waals surface area contributed by atoms with Gasteiger partial charge in [0.05, 0.1) is 10.7 Å². The van der Waals surface area contributed by atoms with Crippen molar-refractivity contribution in [2.75, 3.05) is 5.32 Å². The van der Waals surface area contributed by atoms with Crippen molar-refractivity contribution in [3.63, 3.8) is 0 Å². The maximum absolute atomic E-state index is 8.42. The number of rotatable bonds is 1. The van der Waals surface area contributed by atoms with E-state index >= 15 is 0 Å². The van der Waals surface area contributed by atoms with Gasteiger partial charge >= 0.3 is 0 Å². The predicted molar refractivity (Wildman–Crippen MR) is 50.2 cm³/mol. The summed E-state index contributed by atoms with van der Waals surface area (Å²) in [6.07, 6.45) is 1.85. The van der Waals surface area contributed by atoms with Gasteiger partial charge in [0.25, 0.3) is 0 Å². The number of hydrogen-bond donors (Lipinski definition) is 1. The second-order valence-corrected chi connectivity index (χ2v) is 3.08. The van der Waals surface area contributed by atoms with E-state index in [1.807, 2.05) is 32.2 Å². The summed E-state index contributed by atoms with van der Waals surface area (Å²) in [7, 11) is 0. The highest BCUT2D eigenvalue weighted by atomic mass is 35.5. The fraction of sp³-hybridized carbons (Fsp3) is 0.222. The zero-order valence-electron chi connectivity index (χ0n) is 6.98. The van der Waals surface area contributed by atoms with Crippen molar-refractivity contribution in [1.82, 2.24) is 0 Å². The molecular weight excluding hydrogens is 172 g/mol. The second kappa shape index (κ2) is 3.46. The molecule has 0 aliphatic rings. The van der Waals surface area contributed by atoms with Crippen LogP contribution in [0, 0.1) is 25.3 Å². The summed E-state index contributed by atoms with van der Waals surface area (Å²) in [6, 6.07) is 3.81. The molecule has 0 radical (unpaired) electrons. The van der Waals surface area contributed by atoms with Gasteiger partial charge in [-0.2, -0.15) is 5.26 Å². The number of nitrogens with zero attached hydrogens (tertiary/aromatic N) is 1. The molecule has 1 rings (SSSR count). The molecule has 0 saturated carbocycles. The van der Waals surface area contributed by atoms with E-state index < -0.39 is 0 Å². The third kappa shape index (κ3) is 1.69. The van der Waals surface area contributed by atoms with Crippen LogP contribution in [0.1, 0.15) is 11.1 Å². The summed E-state index contributed by atoms with van der Waals surface area (Å²) in [5, 5.41) is 11.6. The number of nitriles is 1. The summed E-state index contributed by atoms with van der Waals surface area (Å²) < 4.78 is 0. The van der Waals surface area contributed by atoms with Crippen LogP contribution in [0.3, 0.4) is 0 Å². The van der Waals surface area contributed by atoms with Gasteiger partial charge in [-0.05, 0) is 31.0 Å². The van der Waals surface area contributed by atoms with Gasteiger partial charge < -0.3 is 0 Å². The molecule has 0 aliphatic carbocycles. The maximum atomic E-state index is 8.42. The zero-order valence-corrected chi connectivity index (χ0v) is 7.74. The average Bonchev–Trinajstić information content (AvgIpc) is 1.96. The fourth-order valence-electron chi connectivity index (χ4n) is 1.13. The molecule has 0 aromatic heterocycles. The zero-order chi connectivity index (χ0) is 9.14. The third-order valence-electron chi connectivity index (χ3n) is 1.61. The Balaban J connectivity index is 3.21. The third-order valence-corrected chi connectivity index (χ3v) is 1.91. The van der Waals surface area contributed by atoms with Crippen LogP contribution in [0.25, 0.3) is 0 Å². The van der Waals surface area contributed by atoms with Gasteiger partial charge in [-0.15, -0.1) is 0 Å². The lowest BCUT2D eigenvalue weighted by Crippen LogP contribution is -1.92. The first-order valence-electron chi connectivity index (χ1n) is 3.57. The molecule has 62 valence electrons. The molecule has 0 atom stereocenters. The molecule has 1 N–H and O–H groups in total. The van der Waals surface area contributed by atoms with Gasteiger partial charge in [-0.3, -0.25) is 5.32 Å². The molecule has 0 heterocycles. The monoisotopic (exact) mass is 180 g/mol. The summed E-state index contributed by atoms with van der Waals surface area (Å²) in [6.45, 7) is 3.88. The molecule has 0 fully saturated rings. The summed E-state index contributed by atoms with van der Waals surface area (Å²) >= 11 is 5.90. The second-order valence-electron chi connectivity index (χ2n) is 2.68. The Morgan fingerprint density at radius 1 is 1.42 bits per heavy atom. The number of hydrogen-bond acceptors (Lipinski definition) is 2. The molecule has 3 heteroatoms. The molecule has 0 aliphatic heterocycles. The minimum Gasteiger partial charge on any atom is -0.291 e. The van der Waals surface area contributed by atoms with Crippen LogP contribution >= 0.6 is 11.6 Å². The molecule has 0 bridgehead atoms. The quantitative estimate of drug-likeness (QED) is 0.533. The first kappa shape index (κ1) is 8.89. The lowest BCUT2D eigenvalue weighted by molar-refractivity contribution is 1.36. The Bertz CT molecular complexity index is 316. The minimum atomic E-state index is 0.592. The van der Waals surface area contributed by atoms with Crippen molar-refractivity contribution in [1.29, 1.82) is 5.26 Å². The number of anilines is 1. The van der Waals surface area contributed by atoms with Crippen molar-refractivity contribution in [3.8, 4) is 6.19 Å². The van der Waals surface area contributed by atoms with Crippen LogP contribution in [0.2, 0.25) is 5.02 Å². The molecule has 12 heavy (non-hydrogen) atoms. The van der Waals surface area contributed by atoms with Crippen molar-refractivity contribution in [2.24, 2.45) is 0 Å². The normalized spacial score (nSPS) is 9.17. The van der Waals surface area contributed by atoms with Crippen molar-refractivity contribution >= 4 is 17.3 Å². The molecule has 0 unspecified atom stereocenters. The van der Waals surface area contributed by atoms with E-state index in [4.69, 9.17) is 16.9 Å². The Labute approximate surface area is 76.8 Å². The number of halogens is 1. The van der Waals surface area contributed by atoms with E-state index in [2.05, 4.69) is 5.32 Å². The van der Waals surface area contributed by atoms with E-state index in [1.165, 1.54) is 0 Å². The Morgan fingerprint density at radius 3 is 2.58 bits per heavy atom. The van der Waals surface area contributed by atoms with E-state index in [0.29, 0.717) is 10.7 Å². The van der Waals surface area contributed by atoms with Crippen LogP contribution in [0.15, 0.2) is 12.1 Å². The highest BCUT2D eigenvalue weighted by molar-refractivity contribution is 6.33. The molecule has 2 nitrogen and oxygen atoms in total. The number of aryl methyl sites for hydroxylation is 2. The smallest absolute Gasteiger partial charge is 0.181 e. The summed E-state index contributed by atoms with van der Waals surface area (Å²) in [4.78, 5) is 0. The number of benzene rings is 1. The van der Waals surface area contributed by atoms with Crippen LogP contribution in [0.5, 0.6) is 0 Å². The Morgan fingerprint density at radius 2 is 2.08 bits per heavy atom. The highest BCUT2D eigenvalue weighted by Crippen LogP contribution is 2.26. The van der Waals surface area contributed by atoms with Gasteiger partial charge in [0.15, 0.2) is 6.19 Å². The van der Waals surface area contributed by atoms with Gasteiger partial charge in [0.1, 0.15) is 0 Å². The average molecular weight is 181 g/mol. The van der Waals surface area contributed by atoms with Crippen LogP contribution < -0.4 is 5.32 Å². The van der Waals surface area contributed by atoms with E-state index in [9.17, 15) is 0 Å². The molecule has 1 aromatic carbocycles. The summed E-state index contributed by atoms with van der Waals surface area (Å²) in [5.41, 5.74) is 2.78. The Hall–Kier alpha value is -1.20. The molecule has 1 aromatic rings. The Kier molecular flexibility index (Phi) is 2.57. The minimum absolute atomic E-state index is 0.592. The largest absolute Gasteiger partial charge is 0.291 e. The first-order valence-corrected chi connectivity index (χ1v) is 3.95. The SMILES string of the molecule is Cc1cc(C)c(NC#N)c(Cl)c1. The lowest BCUT2D eigenvalue weighted by Gasteiger charge is -2.06. The van der Waals surface area contributed by atoms with Crippen LogP contribution in [-0.4, -0.2) is 0 Å². The summed E-state index contributed by atoms with van der Waals surface area (Å²) in [5.74, 6) is 0. The lowest BCUT2D eigenvalue weighted by atomic mass is 10.1. The van der Waals surface area contributed by atoms with Crippen LogP contribution in [-0.2, 0) is 0 Å². The van der Waals surface area contributed by atoms with Gasteiger partial charge in [-0.1, -0.05) is 17.7 Å². The molecule has 0 amide bonds. The van der Waals surface area contributed by atoms with Crippen LogP contribution in [0.4, 0.5) is 5.69 Å². The molecule has 0 saturated heterocycles.